The molecule has 0 aliphatic carbocycles. The number of hydrogen-bond donors (Lipinski definition) is 1. The van der Waals surface area contributed by atoms with Crippen molar-refractivity contribution in [3.63, 3.8) is 0 Å². The van der Waals surface area contributed by atoms with Crippen LogP contribution in [-0.4, -0.2) is 26.3 Å². The first-order valence-electron chi connectivity index (χ1n) is 7.14. The van der Waals surface area contributed by atoms with Crippen LogP contribution in [0.4, 0.5) is 0 Å². The minimum absolute atomic E-state index is 0.133. The Bertz CT molecular complexity index is 346. The zero-order valence-electron chi connectivity index (χ0n) is 12.7. The summed E-state index contributed by atoms with van der Waals surface area (Å²) in [5.74, 6) is 1.78. The molecule has 0 heterocycles. The quantitative estimate of drug-likeness (QED) is 0.693. The van der Waals surface area contributed by atoms with Gasteiger partial charge in [-0.1, -0.05) is 20.8 Å². The third kappa shape index (κ3) is 6.48. The Hall–Kier alpha value is -1.22. The Morgan fingerprint density at radius 1 is 1.00 bits per heavy atom. The molecule has 19 heavy (non-hydrogen) atoms. The number of ether oxygens (including phenoxy) is 2. The Morgan fingerprint density at radius 3 is 2.11 bits per heavy atom. The van der Waals surface area contributed by atoms with Crippen molar-refractivity contribution in [3.8, 4) is 11.5 Å². The summed E-state index contributed by atoms with van der Waals surface area (Å²) in [5, 5.41) is 3.44. The second-order valence-corrected chi connectivity index (χ2v) is 5.53. The van der Waals surface area contributed by atoms with Crippen LogP contribution in [0.25, 0.3) is 0 Å². The lowest BCUT2D eigenvalue weighted by molar-refractivity contribution is 0.176. The molecule has 0 amide bonds. The van der Waals surface area contributed by atoms with E-state index in [0.717, 1.165) is 31.0 Å². The minimum Gasteiger partial charge on any atom is -0.494 e. The molecule has 1 rings (SSSR count). The fourth-order valence-electron chi connectivity index (χ4n) is 1.73. The molecule has 1 N–H and O–H groups in total. The second-order valence-electron chi connectivity index (χ2n) is 5.53. The van der Waals surface area contributed by atoms with Crippen molar-refractivity contribution in [1.82, 2.24) is 5.32 Å². The first-order chi connectivity index (χ1) is 9.07. The predicted octanol–water partition coefficient (Wildman–Crippen LogP) is 3.49. The predicted molar refractivity (Wildman–Crippen MR) is 80.0 cm³/mol. The van der Waals surface area contributed by atoms with Gasteiger partial charge in [0.15, 0.2) is 0 Å². The Balaban J connectivity index is 2.38. The minimum atomic E-state index is 0.133. The summed E-state index contributed by atoms with van der Waals surface area (Å²) in [7, 11) is 0. The third-order valence-corrected chi connectivity index (χ3v) is 2.79. The summed E-state index contributed by atoms with van der Waals surface area (Å²) in [6.45, 7) is 12.0. The molecule has 0 fully saturated rings. The van der Waals surface area contributed by atoms with E-state index >= 15 is 0 Å². The van der Waals surface area contributed by atoms with Crippen LogP contribution in [0.3, 0.4) is 0 Å². The van der Waals surface area contributed by atoms with Gasteiger partial charge in [0.25, 0.3) is 0 Å². The molecule has 0 radical (unpaired) electrons. The van der Waals surface area contributed by atoms with Crippen molar-refractivity contribution >= 4 is 0 Å². The van der Waals surface area contributed by atoms with Gasteiger partial charge < -0.3 is 14.8 Å². The van der Waals surface area contributed by atoms with Crippen LogP contribution in [0, 0.1) is 5.41 Å². The SMILES string of the molecule is CCCNCC(C)(C)COc1ccc(OCC)cc1. The molecule has 3 heteroatoms. The molecule has 0 aliphatic rings. The number of rotatable bonds is 9. The summed E-state index contributed by atoms with van der Waals surface area (Å²) in [5.41, 5.74) is 0.133. The molecule has 0 bridgehead atoms. The highest BCUT2D eigenvalue weighted by Gasteiger charge is 2.18. The maximum absolute atomic E-state index is 5.84. The van der Waals surface area contributed by atoms with E-state index in [2.05, 4.69) is 26.1 Å². The van der Waals surface area contributed by atoms with Gasteiger partial charge in [-0.2, -0.15) is 0 Å². The Labute approximate surface area is 117 Å². The van der Waals surface area contributed by atoms with Gasteiger partial charge in [-0.25, -0.2) is 0 Å². The molecule has 108 valence electrons. The van der Waals surface area contributed by atoms with E-state index in [4.69, 9.17) is 9.47 Å². The summed E-state index contributed by atoms with van der Waals surface area (Å²) in [4.78, 5) is 0. The van der Waals surface area contributed by atoms with E-state index in [-0.39, 0.29) is 5.41 Å². The molecule has 0 aliphatic heterocycles. The lowest BCUT2D eigenvalue weighted by Crippen LogP contribution is -2.34. The lowest BCUT2D eigenvalue weighted by atomic mass is 9.95. The van der Waals surface area contributed by atoms with Gasteiger partial charge >= 0.3 is 0 Å². The Kier molecular flexibility index (Phi) is 6.71. The van der Waals surface area contributed by atoms with Crippen molar-refractivity contribution in [1.29, 1.82) is 0 Å². The van der Waals surface area contributed by atoms with Gasteiger partial charge in [0.05, 0.1) is 13.2 Å². The highest BCUT2D eigenvalue weighted by atomic mass is 16.5. The van der Waals surface area contributed by atoms with Crippen LogP contribution < -0.4 is 14.8 Å². The summed E-state index contributed by atoms with van der Waals surface area (Å²) in [6, 6.07) is 7.81. The average Bonchev–Trinajstić information content (AvgIpc) is 2.39. The van der Waals surface area contributed by atoms with Crippen molar-refractivity contribution in [2.75, 3.05) is 26.3 Å². The van der Waals surface area contributed by atoms with E-state index in [1.165, 1.54) is 0 Å². The van der Waals surface area contributed by atoms with Crippen LogP contribution in [0.1, 0.15) is 34.1 Å². The largest absolute Gasteiger partial charge is 0.494 e. The van der Waals surface area contributed by atoms with Crippen LogP contribution in [0.2, 0.25) is 0 Å². The molecule has 0 saturated carbocycles. The standard InChI is InChI=1S/C16H27NO2/c1-5-11-17-12-16(3,4)13-19-15-9-7-14(8-10-15)18-6-2/h7-10,17H,5-6,11-13H2,1-4H3. The first-order valence-corrected chi connectivity index (χ1v) is 7.14. The van der Waals surface area contributed by atoms with Gasteiger partial charge in [-0.15, -0.1) is 0 Å². The number of benzene rings is 1. The highest BCUT2D eigenvalue weighted by Crippen LogP contribution is 2.21. The molecule has 0 atom stereocenters. The van der Waals surface area contributed by atoms with Crippen molar-refractivity contribution in [3.05, 3.63) is 24.3 Å². The lowest BCUT2D eigenvalue weighted by Gasteiger charge is -2.25. The summed E-state index contributed by atoms with van der Waals surface area (Å²) in [6.07, 6.45) is 1.16. The van der Waals surface area contributed by atoms with E-state index in [1.807, 2.05) is 31.2 Å². The molecule has 0 aromatic heterocycles. The molecule has 1 aromatic carbocycles. The van der Waals surface area contributed by atoms with E-state index in [9.17, 15) is 0 Å². The second kappa shape index (κ2) is 8.05. The first kappa shape index (κ1) is 15.8. The monoisotopic (exact) mass is 265 g/mol. The fourth-order valence-corrected chi connectivity index (χ4v) is 1.73. The molecule has 0 spiro atoms. The molecule has 3 nitrogen and oxygen atoms in total. The van der Waals surface area contributed by atoms with Gasteiger partial charge in [0, 0.05) is 12.0 Å². The molecule has 1 aromatic rings. The van der Waals surface area contributed by atoms with Gasteiger partial charge in [0.1, 0.15) is 11.5 Å². The van der Waals surface area contributed by atoms with E-state index in [0.29, 0.717) is 13.2 Å². The molecule has 0 saturated heterocycles. The maximum atomic E-state index is 5.84. The van der Waals surface area contributed by atoms with Crippen LogP contribution in [-0.2, 0) is 0 Å². The van der Waals surface area contributed by atoms with Crippen molar-refractivity contribution < 1.29 is 9.47 Å². The number of nitrogens with one attached hydrogen (secondary N) is 1. The van der Waals surface area contributed by atoms with Crippen molar-refractivity contribution in [2.24, 2.45) is 5.41 Å². The summed E-state index contributed by atoms with van der Waals surface area (Å²) < 4.78 is 11.2. The fraction of sp³-hybridized carbons (Fsp3) is 0.625. The average molecular weight is 265 g/mol. The topological polar surface area (TPSA) is 30.5 Å². The zero-order valence-corrected chi connectivity index (χ0v) is 12.7. The van der Waals surface area contributed by atoms with Gasteiger partial charge in [-0.05, 0) is 44.2 Å². The Morgan fingerprint density at radius 2 is 1.58 bits per heavy atom. The normalized spacial score (nSPS) is 11.4. The van der Waals surface area contributed by atoms with E-state index < -0.39 is 0 Å². The van der Waals surface area contributed by atoms with Crippen LogP contribution in [0.5, 0.6) is 11.5 Å². The number of hydrogen-bond acceptors (Lipinski definition) is 3. The van der Waals surface area contributed by atoms with Crippen molar-refractivity contribution in [2.45, 2.75) is 34.1 Å². The van der Waals surface area contributed by atoms with Crippen LogP contribution >= 0.6 is 0 Å². The zero-order chi connectivity index (χ0) is 14.1. The van der Waals surface area contributed by atoms with Gasteiger partial charge in [0.2, 0.25) is 0 Å². The van der Waals surface area contributed by atoms with Crippen LogP contribution in [0.15, 0.2) is 24.3 Å². The van der Waals surface area contributed by atoms with Gasteiger partial charge in [-0.3, -0.25) is 0 Å². The summed E-state index contributed by atoms with van der Waals surface area (Å²) >= 11 is 0. The molecular weight excluding hydrogens is 238 g/mol. The smallest absolute Gasteiger partial charge is 0.119 e. The third-order valence-electron chi connectivity index (χ3n) is 2.79. The molecular formula is C16H27NO2. The van der Waals surface area contributed by atoms with E-state index in [1.54, 1.807) is 0 Å². The highest BCUT2D eigenvalue weighted by molar-refractivity contribution is 5.31. The maximum Gasteiger partial charge on any atom is 0.119 e. The molecule has 0 unspecified atom stereocenters.